The number of amides is 3. The van der Waals surface area contributed by atoms with Gasteiger partial charge >= 0.3 is 6.03 Å². The van der Waals surface area contributed by atoms with Gasteiger partial charge in [-0.2, -0.15) is 0 Å². The van der Waals surface area contributed by atoms with Crippen molar-refractivity contribution >= 4 is 11.9 Å². The van der Waals surface area contributed by atoms with Crippen LogP contribution in [0.4, 0.5) is 4.79 Å². The highest BCUT2D eigenvalue weighted by molar-refractivity contribution is 6.06. The second kappa shape index (κ2) is 7.60. The number of urea groups is 1. The molecule has 0 radical (unpaired) electrons. The zero-order valence-electron chi connectivity index (χ0n) is 17.6. The SMILES string of the molecule is COc1ccc(-c2nc(CN3C(=O)NC(C)(Cc4ccc5c(c4)OCO5)C3=O)co2)cc1. The van der Waals surface area contributed by atoms with Gasteiger partial charge < -0.3 is 23.9 Å². The van der Waals surface area contributed by atoms with E-state index < -0.39 is 11.6 Å². The van der Waals surface area contributed by atoms with E-state index in [-0.39, 0.29) is 19.2 Å². The van der Waals surface area contributed by atoms with Crippen LogP contribution >= 0.6 is 0 Å². The van der Waals surface area contributed by atoms with Gasteiger partial charge in [-0.1, -0.05) is 6.07 Å². The van der Waals surface area contributed by atoms with Crippen molar-refractivity contribution in [2.45, 2.75) is 25.4 Å². The lowest BCUT2D eigenvalue weighted by Crippen LogP contribution is -2.45. The number of oxazole rings is 1. The maximum absolute atomic E-state index is 13.1. The number of benzene rings is 2. The van der Waals surface area contributed by atoms with E-state index in [4.69, 9.17) is 18.6 Å². The second-order valence-corrected chi connectivity index (χ2v) is 7.89. The number of carbonyl (C=O) groups excluding carboxylic acids is 2. The van der Waals surface area contributed by atoms with Crippen LogP contribution in [0.3, 0.4) is 0 Å². The van der Waals surface area contributed by atoms with Crippen LogP contribution in [-0.2, 0) is 17.8 Å². The molecule has 2 aliphatic heterocycles. The second-order valence-electron chi connectivity index (χ2n) is 7.89. The van der Waals surface area contributed by atoms with E-state index in [0.29, 0.717) is 29.5 Å². The van der Waals surface area contributed by atoms with Crippen molar-refractivity contribution in [1.82, 2.24) is 15.2 Å². The van der Waals surface area contributed by atoms with Crippen molar-refractivity contribution in [1.29, 1.82) is 0 Å². The summed E-state index contributed by atoms with van der Waals surface area (Å²) in [4.78, 5) is 31.3. The van der Waals surface area contributed by atoms with Crippen molar-refractivity contribution < 1.29 is 28.2 Å². The van der Waals surface area contributed by atoms with Crippen LogP contribution in [0.2, 0.25) is 0 Å². The Hall–Kier alpha value is -4.01. The Bertz CT molecular complexity index is 1190. The number of hydrogen-bond donors (Lipinski definition) is 1. The standard InChI is InChI=1S/C23H21N3O6/c1-23(10-14-3-8-18-19(9-14)32-13-31-18)21(27)26(22(28)25-23)11-16-12-30-20(24-16)15-4-6-17(29-2)7-5-15/h3-9,12H,10-11,13H2,1-2H3,(H,25,28). The number of nitrogens with one attached hydrogen (secondary N) is 1. The lowest BCUT2D eigenvalue weighted by atomic mass is 9.92. The number of rotatable bonds is 6. The molecule has 1 N–H and O–H groups in total. The maximum atomic E-state index is 13.1. The molecule has 1 saturated heterocycles. The fraction of sp³-hybridized carbons (Fsp3) is 0.261. The average molecular weight is 435 g/mol. The van der Waals surface area contributed by atoms with Crippen LogP contribution in [0.15, 0.2) is 53.1 Å². The van der Waals surface area contributed by atoms with Gasteiger partial charge in [0.15, 0.2) is 11.5 Å². The highest BCUT2D eigenvalue weighted by atomic mass is 16.7. The first-order valence-corrected chi connectivity index (χ1v) is 10.1. The molecule has 3 heterocycles. The molecule has 5 rings (SSSR count). The predicted octanol–water partition coefficient (Wildman–Crippen LogP) is 3.13. The molecule has 3 amide bonds. The fourth-order valence-electron chi connectivity index (χ4n) is 3.88. The highest BCUT2D eigenvalue weighted by Gasteiger charge is 2.48. The van der Waals surface area contributed by atoms with Crippen LogP contribution < -0.4 is 19.5 Å². The van der Waals surface area contributed by atoms with Gasteiger partial charge in [-0.25, -0.2) is 9.78 Å². The molecule has 0 aliphatic carbocycles. The summed E-state index contributed by atoms with van der Waals surface area (Å²) in [6.07, 6.45) is 1.77. The number of fused-ring (bicyclic) bond motifs is 1. The molecular formula is C23H21N3O6. The summed E-state index contributed by atoms with van der Waals surface area (Å²) >= 11 is 0. The topological polar surface area (TPSA) is 103 Å². The third-order valence-electron chi connectivity index (χ3n) is 5.55. The third kappa shape index (κ3) is 3.51. The lowest BCUT2D eigenvalue weighted by Gasteiger charge is -2.21. The Morgan fingerprint density at radius 2 is 1.91 bits per heavy atom. The molecule has 2 aromatic carbocycles. The van der Waals surface area contributed by atoms with Crippen LogP contribution in [0.5, 0.6) is 17.2 Å². The van der Waals surface area contributed by atoms with E-state index in [1.165, 1.54) is 6.26 Å². The van der Waals surface area contributed by atoms with Crippen molar-refractivity contribution in [3.63, 3.8) is 0 Å². The molecule has 2 aliphatic rings. The molecule has 32 heavy (non-hydrogen) atoms. The minimum atomic E-state index is -1.08. The summed E-state index contributed by atoms with van der Waals surface area (Å²) < 4.78 is 21.4. The predicted molar refractivity (Wildman–Crippen MR) is 112 cm³/mol. The lowest BCUT2D eigenvalue weighted by molar-refractivity contribution is -0.131. The zero-order chi connectivity index (χ0) is 22.3. The summed E-state index contributed by atoms with van der Waals surface area (Å²) in [5.74, 6) is 2.10. The highest BCUT2D eigenvalue weighted by Crippen LogP contribution is 2.34. The van der Waals surface area contributed by atoms with E-state index in [9.17, 15) is 9.59 Å². The number of aromatic nitrogens is 1. The van der Waals surface area contributed by atoms with E-state index in [1.54, 1.807) is 32.2 Å². The minimum absolute atomic E-state index is 0.0149. The number of imide groups is 1. The maximum Gasteiger partial charge on any atom is 0.325 e. The summed E-state index contributed by atoms with van der Waals surface area (Å²) in [6, 6.07) is 12.3. The summed E-state index contributed by atoms with van der Waals surface area (Å²) in [5.41, 5.74) is 1.02. The Morgan fingerprint density at radius 1 is 1.12 bits per heavy atom. The van der Waals surface area contributed by atoms with E-state index in [2.05, 4.69) is 10.3 Å². The van der Waals surface area contributed by atoms with Crippen molar-refractivity contribution in [3.8, 4) is 28.7 Å². The molecule has 3 aromatic rings. The Kier molecular flexibility index (Phi) is 4.73. The van der Waals surface area contributed by atoms with Gasteiger partial charge in [-0.15, -0.1) is 0 Å². The molecule has 0 spiro atoms. The molecule has 1 unspecified atom stereocenters. The molecule has 9 heteroatoms. The van der Waals surface area contributed by atoms with Gasteiger partial charge in [0.05, 0.1) is 19.3 Å². The molecule has 0 saturated carbocycles. The van der Waals surface area contributed by atoms with Crippen LogP contribution in [0.25, 0.3) is 11.5 Å². The van der Waals surface area contributed by atoms with Crippen molar-refractivity contribution in [2.75, 3.05) is 13.9 Å². The summed E-state index contributed by atoms with van der Waals surface area (Å²) in [5, 5.41) is 2.81. The van der Waals surface area contributed by atoms with Crippen molar-refractivity contribution in [2.24, 2.45) is 0 Å². The number of ether oxygens (including phenoxy) is 3. The zero-order valence-corrected chi connectivity index (χ0v) is 17.6. The Balaban J connectivity index is 1.30. The average Bonchev–Trinajstić information content (AvgIpc) is 3.50. The first kappa shape index (κ1) is 19.9. The summed E-state index contributed by atoms with van der Waals surface area (Å²) in [6.45, 7) is 1.90. The van der Waals surface area contributed by atoms with Crippen LogP contribution in [0, 0.1) is 0 Å². The molecule has 1 aromatic heterocycles. The minimum Gasteiger partial charge on any atom is -0.497 e. The van der Waals surface area contributed by atoms with E-state index in [1.807, 2.05) is 24.3 Å². The first-order chi connectivity index (χ1) is 15.4. The molecule has 1 fully saturated rings. The molecular weight excluding hydrogens is 414 g/mol. The summed E-state index contributed by atoms with van der Waals surface area (Å²) in [7, 11) is 1.59. The third-order valence-corrected chi connectivity index (χ3v) is 5.55. The Morgan fingerprint density at radius 3 is 2.69 bits per heavy atom. The number of hydrogen-bond acceptors (Lipinski definition) is 7. The number of carbonyl (C=O) groups is 2. The van der Waals surface area contributed by atoms with Crippen molar-refractivity contribution in [3.05, 3.63) is 60.0 Å². The molecule has 0 bridgehead atoms. The first-order valence-electron chi connectivity index (χ1n) is 10.1. The van der Waals surface area contributed by atoms with E-state index >= 15 is 0 Å². The molecule has 1 atom stereocenters. The van der Waals surface area contributed by atoms with Gasteiger partial charge in [0.25, 0.3) is 5.91 Å². The number of nitrogens with zero attached hydrogens (tertiary/aromatic N) is 2. The van der Waals surface area contributed by atoms with Crippen LogP contribution in [-0.4, -0.2) is 41.3 Å². The molecule has 9 nitrogen and oxygen atoms in total. The van der Waals surface area contributed by atoms with Gasteiger partial charge in [-0.05, 0) is 48.9 Å². The van der Waals surface area contributed by atoms with Crippen LogP contribution in [0.1, 0.15) is 18.2 Å². The fourth-order valence-corrected chi connectivity index (χ4v) is 3.88. The van der Waals surface area contributed by atoms with Gasteiger partial charge in [0, 0.05) is 12.0 Å². The largest absolute Gasteiger partial charge is 0.497 e. The normalized spacial score (nSPS) is 19.4. The van der Waals surface area contributed by atoms with Gasteiger partial charge in [-0.3, -0.25) is 9.69 Å². The monoisotopic (exact) mass is 435 g/mol. The van der Waals surface area contributed by atoms with Gasteiger partial charge in [0.1, 0.15) is 17.6 Å². The smallest absolute Gasteiger partial charge is 0.325 e. The molecule has 164 valence electrons. The quantitative estimate of drug-likeness (QED) is 0.594. The Labute approximate surface area is 183 Å². The number of methoxy groups -OCH3 is 1. The van der Waals surface area contributed by atoms with E-state index in [0.717, 1.165) is 21.8 Å². The van der Waals surface area contributed by atoms with Gasteiger partial charge in [0.2, 0.25) is 12.7 Å².